The van der Waals surface area contributed by atoms with Gasteiger partial charge >= 0.3 is 0 Å². The summed E-state index contributed by atoms with van der Waals surface area (Å²) in [5, 5.41) is 5.75. The molecule has 0 unspecified atom stereocenters. The number of rotatable bonds is 5. The zero-order valence-electron chi connectivity index (χ0n) is 20.0. The summed E-state index contributed by atoms with van der Waals surface area (Å²) in [6.45, 7) is 7.92. The normalized spacial score (nSPS) is 20.8. The number of carbonyl (C=O) groups is 2. The van der Waals surface area contributed by atoms with Crippen LogP contribution in [0.3, 0.4) is 0 Å². The number of ether oxygens (including phenoxy) is 1. The van der Waals surface area contributed by atoms with Crippen molar-refractivity contribution in [2.75, 3.05) is 23.7 Å². The van der Waals surface area contributed by atoms with Crippen molar-refractivity contribution in [2.45, 2.75) is 58.0 Å². The molecule has 2 aliphatic rings. The van der Waals surface area contributed by atoms with Gasteiger partial charge in [-0.3, -0.25) is 9.59 Å². The molecule has 2 aromatic carbocycles. The molecular weight excluding hydrogens is 454 g/mol. The third kappa shape index (κ3) is 4.67. The van der Waals surface area contributed by atoms with Gasteiger partial charge in [0.25, 0.3) is 5.91 Å². The maximum atomic E-state index is 13.6. The Kier molecular flexibility index (Phi) is 6.69. The van der Waals surface area contributed by atoms with E-state index in [1.165, 1.54) is 10.4 Å². The Morgan fingerprint density at radius 1 is 1.18 bits per heavy atom. The summed E-state index contributed by atoms with van der Waals surface area (Å²) in [4.78, 5) is 25.2. The second-order valence-electron chi connectivity index (χ2n) is 9.13. The highest BCUT2D eigenvalue weighted by Crippen LogP contribution is 2.36. The minimum atomic E-state index is -3.86. The van der Waals surface area contributed by atoms with Crippen molar-refractivity contribution < 1.29 is 22.7 Å². The van der Waals surface area contributed by atoms with E-state index in [0.717, 1.165) is 16.8 Å². The zero-order chi connectivity index (χ0) is 24.6. The first-order chi connectivity index (χ1) is 16.1. The average molecular weight is 486 g/mol. The van der Waals surface area contributed by atoms with Gasteiger partial charge in [-0.05, 0) is 63.3 Å². The number of anilines is 2. The standard InChI is InChI=1S/C25H31N3O5S/c1-5-21-25(30)27-20-12-17(4)23(13-22(20)33-21)34(31,32)28-10-6-7-18(14-28)24(29)26-19-9-8-15(2)11-16(19)3/h8-9,11-13,18,21H,5-7,10,14H2,1-4H3,(H,26,29)(H,27,30)/t18-,21-/m0/s1. The number of aryl methyl sites for hydroxylation is 3. The Balaban J connectivity index is 1.55. The molecule has 1 fully saturated rings. The molecule has 4 rings (SSSR count). The van der Waals surface area contributed by atoms with E-state index in [1.54, 1.807) is 13.0 Å². The Labute approximate surface area is 200 Å². The second-order valence-corrected chi connectivity index (χ2v) is 11.0. The van der Waals surface area contributed by atoms with Crippen molar-refractivity contribution in [1.82, 2.24) is 4.31 Å². The van der Waals surface area contributed by atoms with Gasteiger partial charge in [-0.2, -0.15) is 4.31 Å². The molecule has 2 heterocycles. The fourth-order valence-electron chi connectivity index (χ4n) is 4.53. The van der Waals surface area contributed by atoms with Gasteiger partial charge in [-0.1, -0.05) is 24.6 Å². The van der Waals surface area contributed by atoms with Crippen LogP contribution in [0.1, 0.15) is 42.9 Å². The van der Waals surface area contributed by atoms with Crippen molar-refractivity contribution in [3.63, 3.8) is 0 Å². The fraction of sp³-hybridized carbons (Fsp3) is 0.440. The van der Waals surface area contributed by atoms with Crippen LogP contribution < -0.4 is 15.4 Å². The molecule has 2 aliphatic heterocycles. The minimum Gasteiger partial charge on any atom is -0.478 e. The monoisotopic (exact) mass is 485 g/mol. The van der Waals surface area contributed by atoms with Gasteiger partial charge in [0.15, 0.2) is 6.10 Å². The van der Waals surface area contributed by atoms with Crippen LogP contribution in [-0.2, 0) is 19.6 Å². The molecule has 0 saturated carbocycles. The molecule has 0 radical (unpaired) electrons. The Hall–Kier alpha value is -2.91. The Morgan fingerprint density at radius 3 is 2.65 bits per heavy atom. The number of carbonyl (C=O) groups excluding carboxylic acids is 2. The lowest BCUT2D eigenvalue weighted by Gasteiger charge is -2.32. The molecule has 1 saturated heterocycles. The van der Waals surface area contributed by atoms with Crippen molar-refractivity contribution >= 4 is 33.2 Å². The summed E-state index contributed by atoms with van der Waals surface area (Å²) < 4.78 is 34.3. The molecule has 9 heteroatoms. The van der Waals surface area contributed by atoms with Crippen LogP contribution in [0.5, 0.6) is 5.75 Å². The molecule has 2 aromatic rings. The number of fused-ring (bicyclic) bond motifs is 1. The van der Waals surface area contributed by atoms with E-state index in [4.69, 9.17) is 4.74 Å². The van der Waals surface area contributed by atoms with Crippen molar-refractivity contribution in [2.24, 2.45) is 5.92 Å². The quantitative estimate of drug-likeness (QED) is 0.671. The van der Waals surface area contributed by atoms with E-state index >= 15 is 0 Å². The molecular formula is C25H31N3O5S. The molecule has 0 spiro atoms. The molecule has 0 aromatic heterocycles. The fourth-order valence-corrected chi connectivity index (χ4v) is 6.28. The number of hydrogen-bond acceptors (Lipinski definition) is 5. The first kappa shape index (κ1) is 24.2. The van der Waals surface area contributed by atoms with Crippen LogP contribution >= 0.6 is 0 Å². The third-order valence-corrected chi connectivity index (χ3v) is 8.49. The lowest BCUT2D eigenvalue weighted by Crippen LogP contribution is -2.44. The third-order valence-electron chi connectivity index (χ3n) is 6.48. The lowest BCUT2D eigenvalue weighted by molar-refractivity contribution is -0.123. The van der Waals surface area contributed by atoms with Crippen LogP contribution in [0.4, 0.5) is 11.4 Å². The predicted molar refractivity (Wildman–Crippen MR) is 131 cm³/mol. The molecule has 2 atom stereocenters. The number of benzene rings is 2. The van der Waals surface area contributed by atoms with E-state index in [-0.39, 0.29) is 23.3 Å². The lowest BCUT2D eigenvalue weighted by atomic mass is 9.98. The Morgan fingerprint density at radius 2 is 1.94 bits per heavy atom. The molecule has 182 valence electrons. The number of nitrogens with zero attached hydrogens (tertiary/aromatic N) is 1. The van der Waals surface area contributed by atoms with Crippen molar-refractivity contribution in [3.8, 4) is 5.75 Å². The topological polar surface area (TPSA) is 105 Å². The zero-order valence-corrected chi connectivity index (χ0v) is 20.8. The highest BCUT2D eigenvalue weighted by molar-refractivity contribution is 7.89. The molecule has 0 bridgehead atoms. The van der Waals surface area contributed by atoms with E-state index in [2.05, 4.69) is 10.6 Å². The van der Waals surface area contributed by atoms with E-state index in [0.29, 0.717) is 42.8 Å². The summed E-state index contributed by atoms with van der Waals surface area (Å²) in [7, 11) is -3.86. The summed E-state index contributed by atoms with van der Waals surface area (Å²) in [6.07, 6.45) is 1.04. The summed E-state index contributed by atoms with van der Waals surface area (Å²) >= 11 is 0. The van der Waals surface area contributed by atoms with Crippen LogP contribution in [0.2, 0.25) is 0 Å². The number of nitrogens with one attached hydrogen (secondary N) is 2. The van der Waals surface area contributed by atoms with Crippen LogP contribution in [0.25, 0.3) is 0 Å². The average Bonchev–Trinajstić information content (AvgIpc) is 2.80. The Bertz CT molecular complexity index is 1240. The van der Waals surface area contributed by atoms with Gasteiger partial charge in [0, 0.05) is 24.8 Å². The molecule has 2 N–H and O–H groups in total. The largest absolute Gasteiger partial charge is 0.478 e. The maximum Gasteiger partial charge on any atom is 0.265 e. The number of hydrogen-bond donors (Lipinski definition) is 2. The van der Waals surface area contributed by atoms with Gasteiger partial charge < -0.3 is 15.4 Å². The van der Waals surface area contributed by atoms with Gasteiger partial charge in [-0.15, -0.1) is 0 Å². The first-order valence-electron chi connectivity index (χ1n) is 11.6. The molecule has 2 amide bonds. The number of piperidine rings is 1. The predicted octanol–water partition coefficient (Wildman–Crippen LogP) is 3.76. The van der Waals surface area contributed by atoms with Gasteiger partial charge in [-0.25, -0.2) is 8.42 Å². The highest BCUT2D eigenvalue weighted by Gasteiger charge is 2.36. The van der Waals surface area contributed by atoms with Crippen molar-refractivity contribution in [3.05, 3.63) is 47.0 Å². The van der Waals surface area contributed by atoms with E-state index in [1.807, 2.05) is 39.0 Å². The van der Waals surface area contributed by atoms with Crippen LogP contribution in [-0.4, -0.2) is 43.7 Å². The van der Waals surface area contributed by atoms with Gasteiger partial charge in [0.1, 0.15) is 5.75 Å². The van der Waals surface area contributed by atoms with Gasteiger partial charge in [0.05, 0.1) is 16.5 Å². The second kappa shape index (κ2) is 9.38. The van der Waals surface area contributed by atoms with E-state index < -0.39 is 22.0 Å². The number of amides is 2. The molecule has 0 aliphatic carbocycles. The highest BCUT2D eigenvalue weighted by atomic mass is 32.2. The summed E-state index contributed by atoms with van der Waals surface area (Å²) in [5.74, 6) is -0.511. The summed E-state index contributed by atoms with van der Waals surface area (Å²) in [5.41, 5.74) is 3.80. The molecule has 34 heavy (non-hydrogen) atoms. The smallest absolute Gasteiger partial charge is 0.265 e. The minimum absolute atomic E-state index is 0.116. The maximum absolute atomic E-state index is 13.6. The molecule has 8 nitrogen and oxygen atoms in total. The van der Waals surface area contributed by atoms with Gasteiger partial charge in [0.2, 0.25) is 15.9 Å². The van der Waals surface area contributed by atoms with Crippen molar-refractivity contribution in [1.29, 1.82) is 0 Å². The SMILES string of the molecule is CC[C@@H]1Oc2cc(S(=O)(=O)N3CCC[C@H](C(=O)Nc4ccc(C)cc4C)C3)c(C)cc2NC1=O. The van der Waals surface area contributed by atoms with Crippen LogP contribution in [0.15, 0.2) is 35.2 Å². The van der Waals surface area contributed by atoms with Crippen LogP contribution in [0, 0.1) is 26.7 Å². The summed E-state index contributed by atoms with van der Waals surface area (Å²) in [6, 6.07) is 8.92. The number of sulfonamides is 1. The van der Waals surface area contributed by atoms with E-state index in [9.17, 15) is 18.0 Å². The first-order valence-corrected chi connectivity index (χ1v) is 13.0.